The zero-order valence-electron chi connectivity index (χ0n) is 15.9. The summed E-state index contributed by atoms with van der Waals surface area (Å²) in [6, 6.07) is 23.1. The zero-order valence-corrected chi connectivity index (χ0v) is 16.7. The Kier molecular flexibility index (Phi) is 6.02. The minimum absolute atomic E-state index is 0.310. The maximum Gasteiger partial charge on any atom is 0.200 e. The number of hydrogen-bond donors (Lipinski definition) is 1. The number of aliphatic hydroxyl groups excluding tert-OH is 1. The Morgan fingerprint density at radius 2 is 1.63 bits per heavy atom. The van der Waals surface area contributed by atoms with E-state index in [1.54, 1.807) is 36.4 Å². The monoisotopic (exact) mass is 419 g/mol. The van der Waals surface area contributed by atoms with Crippen molar-refractivity contribution in [2.75, 3.05) is 6.61 Å². The van der Waals surface area contributed by atoms with Crippen molar-refractivity contribution in [2.45, 2.75) is 16.5 Å². The van der Waals surface area contributed by atoms with Crippen LogP contribution in [0.3, 0.4) is 0 Å². The Morgan fingerprint density at radius 3 is 2.30 bits per heavy atom. The standard InChI is InChI=1S/C23H18FN3O2S/c24-18-8-10-19(11-9-18)27-22(14-16-4-2-1-3-5-16)25-26-23(27)30-20-12-6-17(7-13-20)21(29)15-28/h1-13,28H,14-15H2. The molecule has 0 aliphatic carbocycles. The number of carbonyl (C=O) groups excluding carboxylic acids is 1. The van der Waals surface area contributed by atoms with Gasteiger partial charge in [-0.05, 0) is 53.7 Å². The lowest BCUT2D eigenvalue weighted by Gasteiger charge is -2.11. The van der Waals surface area contributed by atoms with Gasteiger partial charge in [0.2, 0.25) is 5.16 Å². The topological polar surface area (TPSA) is 68.0 Å². The summed E-state index contributed by atoms with van der Waals surface area (Å²) in [7, 11) is 0. The van der Waals surface area contributed by atoms with Gasteiger partial charge in [-0.1, -0.05) is 42.5 Å². The summed E-state index contributed by atoms with van der Waals surface area (Å²) in [4.78, 5) is 12.5. The van der Waals surface area contributed by atoms with E-state index in [0.29, 0.717) is 17.1 Å². The fourth-order valence-corrected chi connectivity index (χ4v) is 3.88. The summed E-state index contributed by atoms with van der Waals surface area (Å²) < 4.78 is 15.4. The van der Waals surface area contributed by atoms with Crippen LogP contribution < -0.4 is 0 Å². The van der Waals surface area contributed by atoms with Crippen LogP contribution in [-0.2, 0) is 6.42 Å². The van der Waals surface area contributed by atoms with Crippen LogP contribution in [0.5, 0.6) is 0 Å². The number of Topliss-reactive ketones (excluding diaryl/α,β-unsaturated/α-hetero) is 1. The molecule has 4 aromatic rings. The van der Waals surface area contributed by atoms with Gasteiger partial charge in [-0.2, -0.15) is 0 Å². The van der Waals surface area contributed by atoms with Gasteiger partial charge in [-0.25, -0.2) is 4.39 Å². The van der Waals surface area contributed by atoms with Crippen LogP contribution in [0.15, 0.2) is 88.9 Å². The molecule has 0 saturated heterocycles. The van der Waals surface area contributed by atoms with Crippen molar-refractivity contribution in [1.82, 2.24) is 14.8 Å². The lowest BCUT2D eigenvalue weighted by atomic mass is 10.1. The number of carbonyl (C=O) groups is 1. The molecule has 0 amide bonds. The average molecular weight is 419 g/mol. The molecule has 30 heavy (non-hydrogen) atoms. The predicted octanol–water partition coefficient (Wildman–Crippen LogP) is 4.32. The lowest BCUT2D eigenvalue weighted by molar-refractivity contribution is 0.0903. The van der Waals surface area contributed by atoms with Crippen LogP contribution >= 0.6 is 11.8 Å². The Bertz CT molecular complexity index is 1140. The van der Waals surface area contributed by atoms with Crippen molar-refractivity contribution >= 4 is 17.5 Å². The number of hydrogen-bond acceptors (Lipinski definition) is 5. The number of benzene rings is 3. The average Bonchev–Trinajstić information content (AvgIpc) is 3.17. The van der Waals surface area contributed by atoms with Gasteiger partial charge in [0.05, 0.1) is 0 Å². The van der Waals surface area contributed by atoms with Crippen molar-refractivity contribution < 1.29 is 14.3 Å². The van der Waals surface area contributed by atoms with Gasteiger partial charge in [-0.15, -0.1) is 10.2 Å². The SMILES string of the molecule is O=C(CO)c1ccc(Sc2nnc(Cc3ccccc3)n2-c2ccc(F)cc2)cc1. The van der Waals surface area contributed by atoms with Crippen LogP contribution in [0.2, 0.25) is 0 Å². The molecule has 0 aliphatic rings. The molecular weight excluding hydrogens is 401 g/mol. The smallest absolute Gasteiger partial charge is 0.200 e. The molecule has 0 radical (unpaired) electrons. The molecule has 150 valence electrons. The summed E-state index contributed by atoms with van der Waals surface area (Å²) in [5.41, 5.74) is 2.31. The molecule has 0 unspecified atom stereocenters. The van der Waals surface area contributed by atoms with Gasteiger partial charge in [-0.3, -0.25) is 9.36 Å². The Balaban J connectivity index is 1.68. The fraction of sp³-hybridized carbons (Fsp3) is 0.0870. The number of nitrogens with zero attached hydrogens (tertiary/aromatic N) is 3. The molecule has 0 bridgehead atoms. The van der Waals surface area contributed by atoms with Gasteiger partial charge < -0.3 is 5.11 Å². The van der Waals surface area contributed by atoms with E-state index in [1.165, 1.54) is 23.9 Å². The molecule has 0 spiro atoms. The first-order valence-electron chi connectivity index (χ1n) is 9.30. The van der Waals surface area contributed by atoms with Gasteiger partial charge in [0.25, 0.3) is 0 Å². The maximum atomic E-state index is 13.5. The summed E-state index contributed by atoms with van der Waals surface area (Å²) in [6.45, 7) is -0.520. The second-order valence-corrected chi connectivity index (χ2v) is 7.62. The predicted molar refractivity (Wildman–Crippen MR) is 113 cm³/mol. The summed E-state index contributed by atoms with van der Waals surface area (Å²) >= 11 is 1.39. The van der Waals surface area contributed by atoms with Crippen molar-refractivity contribution in [3.05, 3.63) is 102 Å². The molecule has 0 aliphatic heterocycles. The number of halogens is 1. The molecule has 5 nitrogen and oxygen atoms in total. The van der Waals surface area contributed by atoms with E-state index < -0.39 is 6.61 Å². The third-order valence-corrected chi connectivity index (χ3v) is 5.47. The first-order valence-corrected chi connectivity index (χ1v) is 10.1. The quantitative estimate of drug-likeness (QED) is 0.452. The fourth-order valence-electron chi connectivity index (χ4n) is 3.01. The largest absolute Gasteiger partial charge is 0.388 e. The second-order valence-electron chi connectivity index (χ2n) is 6.58. The Morgan fingerprint density at radius 1 is 0.933 bits per heavy atom. The third kappa shape index (κ3) is 4.48. The third-order valence-electron chi connectivity index (χ3n) is 4.52. The highest BCUT2D eigenvalue weighted by atomic mass is 32.2. The molecule has 0 atom stereocenters. The number of aliphatic hydroxyl groups is 1. The van der Waals surface area contributed by atoms with Crippen molar-refractivity contribution in [1.29, 1.82) is 0 Å². The Hall–Kier alpha value is -3.29. The van der Waals surface area contributed by atoms with E-state index in [1.807, 2.05) is 34.9 Å². The number of rotatable bonds is 7. The molecule has 3 aromatic carbocycles. The highest BCUT2D eigenvalue weighted by Gasteiger charge is 2.16. The van der Waals surface area contributed by atoms with Crippen molar-refractivity contribution in [3.63, 3.8) is 0 Å². The van der Waals surface area contributed by atoms with Crippen LogP contribution in [0.4, 0.5) is 4.39 Å². The number of aromatic nitrogens is 3. The molecule has 0 fully saturated rings. The Labute approximate surface area is 177 Å². The van der Waals surface area contributed by atoms with Crippen molar-refractivity contribution in [3.8, 4) is 5.69 Å². The molecule has 1 N–H and O–H groups in total. The molecular formula is C23H18FN3O2S. The van der Waals surface area contributed by atoms with Crippen LogP contribution in [0.1, 0.15) is 21.7 Å². The highest BCUT2D eigenvalue weighted by molar-refractivity contribution is 7.99. The second kappa shape index (κ2) is 9.02. The number of ketones is 1. The lowest BCUT2D eigenvalue weighted by Crippen LogP contribution is -2.04. The first-order chi connectivity index (χ1) is 14.6. The van der Waals surface area contributed by atoms with E-state index in [0.717, 1.165) is 22.0 Å². The normalized spacial score (nSPS) is 10.9. The summed E-state index contributed by atoms with van der Waals surface area (Å²) in [6.07, 6.45) is 0.579. The van der Waals surface area contributed by atoms with E-state index in [4.69, 9.17) is 5.11 Å². The van der Waals surface area contributed by atoms with Crippen LogP contribution in [0.25, 0.3) is 5.69 Å². The minimum atomic E-state index is -0.520. The minimum Gasteiger partial charge on any atom is -0.388 e. The molecule has 7 heteroatoms. The molecule has 4 rings (SSSR count). The molecule has 1 aromatic heterocycles. The first kappa shape index (κ1) is 20.0. The van der Waals surface area contributed by atoms with E-state index >= 15 is 0 Å². The van der Waals surface area contributed by atoms with E-state index in [2.05, 4.69) is 10.2 Å². The van der Waals surface area contributed by atoms with Gasteiger partial charge in [0.15, 0.2) is 5.78 Å². The van der Waals surface area contributed by atoms with Gasteiger partial charge >= 0.3 is 0 Å². The van der Waals surface area contributed by atoms with E-state index in [9.17, 15) is 9.18 Å². The van der Waals surface area contributed by atoms with Crippen molar-refractivity contribution in [2.24, 2.45) is 0 Å². The zero-order chi connectivity index (χ0) is 20.9. The van der Waals surface area contributed by atoms with Gasteiger partial charge in [0.1, 0.15) is 18.2 Å². The molecule has 1 heterocycles. The van der Waals surface area contributed by atoms with Crippen LogP contribution in [-0.4, -0.2) is 32.3 Å². The van der Waals surface area contributed by atoms with Crippen LogP contribution in [0, 0.1) is 5.82 Å². The summed E-state index contributed by atoms with van der Waals surface area (Å²) in [5, 5.41) is 18.4. The maximum absolute atomic E-state index is 13.5. The molecule has 0 saturated carbocycles. The summed E-state index contributed by atoms with van der Waals surface area (Å²) in [5.74, 6) is 0.100. The van der Waals surface area contributed by atoms with E-state index in [-0.39, 0.29) is 11.6 Å². The van der Waals surface area contributed by atoms with Gasteiger partial charge in [0, 0.05) is 22.6 Å². The highest BCUT2D eigenvalue weighted by Crippen LogP contribution is 2.30.